The van der Waals surface area contributed by atoms with Crippen molar-refractivity contribution in [1.82, 2.24) is 0 Å². The molecule has 0 fully saturated rings. The van der Waals surface area contributed by atoms with Crippen LogP contribution in [0.15, 0.2) is 63.8 Å². The van der Waals surface area contributed by atoms with Crippen LogP contribution in [0.5, 0.6) is 28.7 Å². The first kappa shape index (κ1) is 23.5. The van der Waals surface area contributed by atoms with Crippen molar-refractivity contribution in [2.24, 2.45) is 0 Å². The lowest BCUT2D eigenvalue weighted by molar-refractivity contribution is -0.140. The predicted octanol–water partition coefficient (Wildman–Crippen LogP) is 3.99. The molecule has 3 aromatic carbocycles. The van der Waals surface area contributed by atoms with E-state index in [1.165, 1.54) is 26.4 Å². The van der Waals surface area contributed by atoms with Gasteiger partial charge in [-0.15, -0.1) is 0 Å². The van der Waals surface area contributed by atoms with Gasteiger partial charge in [-0.2, -0.15) is 0 Å². The highest BCUT2D eigenvalue weighted by Gasteiger charge is 2.31. The molecule has 0 aliphatic heterocycles. The first-order valence-electron chi connectivity index (χ1n) is 10.5. The summed E-state index contributed by atoms with van der Waals surface area (Å²) in [4.78, 5) is 25.4. The Morgan fingerprint density at radius 3 is 2.29 bits per heavy atom. The van der Waals surface area contributed by atoms with Crippen LogP contribution < -0.4 is 10.2 Å². The Hall–Kier alpha value is -4.66. The molecule has 0 bridgehead atoms. The van der Waals surface area contributed by atoms with Crippen molar-refractivity contribution in [3.05, 3.63) is 75.9 Å². The van der Waals surface area contributed by atoms with E-state index >= 15 is 0 Å². The van der Waals surface area contributed by atoms with E-state index in [-0.39, 0.29) is 40.2 Å². The minimum absolute atomic E-state index is 0.139. The minimum atomic E-state index is -1.05. The molecule has 0 unspecified atom stereocenters. The number of methoxy groups -OCH3 is 2. The van der Waals surface area contributed by atoms with Gasteiger partial charge in [-0.3, -0.25) is 9.59 Å². The summed E-state index contributed by atoms with van der Waals surface area (Å²) in [5.74, 6) is -4.24. The lowest BCUT2D eigenvalue weighted by Gasteiger charge is -2.21. The van der Waals surface area contributed by atoms with Gasteiger partial charge < -0.3 is 34.3 Å². The highest BCUT2D eigenvalue weighted by molar-refractivity contribution is 5.93. The third-order valence-corrected chi connectivity index (χ3v) is 5.74. The van der Waals surface area contributed by atoms with Crippen molar-refractivity contribution in [3.8, 4) is 40.1 Å². The number of ether oxygens (including phenoxy) is 2. The highest BCUT2D eigenvalue weighted by Crippen LogP contribution is 2.49. The molecule has 4 aromatic rings. The largest absolute Gasteiger partial charge is 0.504 e. The summed E-state index contributed by atoms with van der Waals surface area (Å²) in [7, 11) is 2.56. The standard InChI is InChI=1S/C26H22O9/c1-33-18-9-8-14(10-16(18)27)15(11-20(29)34-2)21-23(30)25(32)24(31)22-17(28)12-19(35-26(21)22)13-6-4-3-5-7-13/h3-10,12,15,27,30-32H,11H2,1-2H3/t15-/m0/s1. The van der Waals surface area contributed by atoms with E-state index in [0.717, 1.165) is 6.07 Å². The number of carbonyl (C=O) groups excluding carboxylic acids is 1. The quantitative estimate of drug-likeness (QED) is 0.239. The van der Waals surface area contributed by atoms with Crippen LogP contribution in [0.25, 0.3) is 22.3 Å². The van der Waals surface area contributed by atoms with Crippen LogP contribution in [0.3, 0.4) is 0 Å². The van der Waals surface area contributed by atoms with Gasteiger partial charge in [0.1, 0.15) is 16.7 Å². The summed E-state index contributed by atoms with van der Waals surface area (Å²) in [6.07, 6.45) is -0.353. The van der Waals surface area contributed by atoms with Crippen LogP contribution in [0.1, 0.15) is 23.5 Å². The normalized spacial score (nSPS) is 11.8. The van der Waals surface area contributed by atoms with E-state index in [0.29, 0.717) is 11.1 Å². The molecule has 0 amide bonds. The summed E-state index contributed by atoms with van der Waals surface area (Å²) in [6, 6.07) is 14.2. The Balaban J connectivity index is 2.08. The van der Waals surface area contributed by atoms with Crippen molar-refractivity contribution < 1.29 is 39.1 Å². The van der Waals surface area contributed by atoms with E-state index in [2.05, 4.69) is 0 Å². The second kappa shape index (κ2) is 9.30. The van der Waals surface area contributed by atoms with Crippen LogP contribution in [0.4, 0.5) is 0 Å². The average molecular weight is 478 g/mol. The molecule has 1 heterocycles. The summed E-state index contributed by atoms with van der Waals surface area (Å²) in [5, 5.41) is 41.8. The van der Waals surface area contributed by atoms with Gasteiger partial charge in [0, 0.05) is 23.1 Å². The fourth-order valence-corrected chi connectivity index (χ4v) is 4.00. The predicted molar refractivity (Wildman–Crippen MR) is 126 cm³/mol. The summed E-state index contributed by atoms with van der Waals surface area (Å²) >= 11 is 0. The third-order valence-electron chi connectivity index (χ3n) is 5.74. The van der Waals surface area contributed by atoms with Gasteiger partial charge >= 0.3 is 5.97 Å². The summed E-state index contributed by atoms with van der Waals surface area (Å²) in [5.41, 5.74) is -0.165. The van der Waals surface area contributed by atoms with Gasteiger partial charge in [0.15, 0.2) is 28.4 Å². The van der Waals surface area contributed by atoms with E-state index in [1.807, 2.05) is 0 Å². The first-order valence-corrected chi connectivity index (χ1v) is 10.5. The van der Waals surface area contributed by atoms with Crippen molar-refractivity contribution in [1.29, 1.82) is 0 Å². The number of fused-ring (bicyclic) bond motifs is 1. The van der Waals surface area contributed by atoms with Crippen LogP contribution in [-0.4, -0.2) is 40.6 Å². The monoisotopic (exact) mass is 478 g/mol. The molecule has 0 saturated carbocycles. The van der Waals surface area contributed by atoms with Crippen LogP contribution in [-0.2, 0) is 9.53 Å². The maximum atomic E-state index is 13.0. The van der Waals surface area contributed by atoms with Crippen LogP contribution in [0, 0.1) is 0 Å². The molecule has 1 aromatic heterocycles. The lowest BCUT2D eigenvalue weighted by Crippen LogP contribution is -2.12. The maximum absolute atomic E-state index is 13.0. The van der Waals surface area contributed by atoms with Gasteiger partial charge in [0.05, 0.1) is 20.6 Å². The van der Waals surface area contributed by atoms with Crippen molar-refractivity contribution in [2.45, 2.75) is 12.3 Å². The molecule has 0 saturated heterocycles. The molecule has 9 nitrogen and oxygen atoms in total. The van der Waals surface area contributed by atoms with E-state index < -0.39 is 34.6 Å². The van der Waals surface area contributed by atoms with Gasteiger partial charge in [-0.25, -0.2) is 0 Å². The maximum Gasteiger partial charge on any atom is 0.306 e. The Kier molecular flexibility index (Phi) is 6.24. The van der Waals surface area contributed by atoms with Crippen LogP contribution >= 0.6 is 0 Å². The number of hydrogen-bond donors (Lipinski definition) is 4. The molecule has 35 heavy (non-hydrogen) atoms. The number of phenolic OH excluding ortho intramolecular Hbond substituents is 4. The number of rotatable bonds is 6. The fourth-order valence-electron chi connectivity index (χ4n) is 4.00. The summed E-state index contributed by atoms with van der Waals surface area (Å²) in [6.45, 7) is 0. The Morgan fingerprint density at radius 1 is 0.943 bits per heavy atom. The molecule has 0 spiro atoms. The average Bonchev–Trinajstić information content (AvgIpc) is 2.86. The number of benzene rings is 3. The molecular weight excluding hydrogens is 456 g/mol. The molecule has 9 heteroatoms. The second-order valence-corrected chi connectivity index (χ2v) is 7.77. The van der Waals surface area contributed by atoms with Gasteiger partial charge in [0.2, 0.25) is 5.75 Å². The Morgan fingerprint density at radius 2 is 1.66 bits per heavy atom. The third kappa shape index (κ3) is 4.19. The molecule has 0 aliphatic carbocycles. The number of phenols is 4. The number of aromatic hydroxyl groups is 4. The second-order valence-electron chi connectivity index (χ2n) is 7.77. The van der Waals surface area contributed by atoms with E-state index in [1.54, 1.807) is 36.4 Å². The smallest absolute Gasteiger partial charge is 0.306 e. The fraction of sp³-hybridized carbons (Fsp3) is 0.154. The van der Waals surface area contributed by atoms with E-state index in [9.17, 15) is 30.0 Å². The zero-order chi connectivity index (χ0) is 25.3. The minimum Gasteiger partial charge on any atom is -0.504 e. The molecule has 4 rings (SSSR count). The summed E-state index contributed by atoms with van der Waals surface area (Å²) < 4.78 is 15.9. The van der Waals surface area contributed by atoms with Crippen molar-refractivity contribution in [3.63, 3.8) is 0 Å². The molecule has 1 atom stereocenters. The zero-order valence-corrected chi connectivity index (χ0v) is 18.8. The number of hydrogen-bond acceptors (Lipinski definition) is 9. The number of esters is 1. The zero-order valence-electron chi connectivity index (χ0n) is 18.8. The molecule has 4 N–H and O–H groups in total. The molecular formula is C26H22O9. The molecule has 180 valence electrons. The SMILES string of the molecule is COC(=O)C[C@@H](c1ccc(OC)c(O)c1)c1c(O)c(O)c(O)c2c(=O)cc(-c3ccccc3)oc12. The van der Waals surface area contributed by atoms with E-state index in [4.69, 9.17) is 13.9 Å². The lowest BCUT2D eigenvalue weighted by atomic mass is 9.86. The Bertz CT molecular complexity index is 1470. The number of carbonyl (C=O) groups is 1. The van der Waals surface area contributed by atoms with Crippen molar-refractivity contribution in [2.75, 3.05) is 14.2 Å². The van der Waals surface area contributed by atoms with Gasteiger partial charge in [0.25, 0.3) is 0 Å². The van der Waals surface area contributed by atoms with Crippen LogP contribution in [0.2, 0.25) is 0 Å². The van der Waals surface area contributed by atoms with Gasteiger partial charge in [-0.1, -0.05) is 36.4 Å². The molecule has 0 aliphatic rings. The molecule has 0 radical (unpaired) electrons. The van der Waals surface area contributed by atoms with Crippen molar-refractivity contribution >= 4 is 16.9 Å². The highest BCUT2D eigenvalue weighted by atomic mass is 16.5. The topological polar surface area (TPSA) is 147 Å². The van der Waals surface area contributed by atoms with Gasteiger partial charge in [-0.05, 0) is 17.7 Å². The Labute approximate surface area is 199 Å². The first-order chi connectivity index (χ1) is 16.8.